The smallest absolute Gasteiger partial charge is 0.0594 e. The number of ether oxygens (including phenoxy) is 1. The van der Waals surface area contributed by atoms with Crippen LogP contribution in [0, 0.1) is 13.8 Å². The normalized spacial score (nSPS) is 15.6. The van der Waals surface area contributed by atoms with Gasteiger partial charge in [0.25, 0.3) is 0 Å². The number of nitrogens with zero attached hydrogens (tertiary/aromatic N) is 1. The first-order valence-corrected chi connectivity index (χ1v) is 9.11. The van der Waals surface area contributed by atoms with Gasteiger partial charge in [-0.25, -0.2) is 0 Å². The van der Waals surface area contributed by atoms with Crippen molar-refractivity contribution in [3.05, 3.63) is 71.3 Å². The number of hydrogen-bond donors (Lipinski definition) is 0. The van der Waals surface area contributed by atoms with E-state index < -0.39 is 0 Å². The summed E-state index contributed by atoms with van der Waals surface area (Å²) in [6.07, 6.45) is 0. The Morgan fingerprint density at radius 2 is 1.68 bits per heavy atom. The molecule has 0 saturated carbocycles. The van der Waals surface area contributed by atoms with Crippen molar-refractivity contribution >= 4 is 10.8 Å². The van der Waals surface area contributed by atoms with E-state index in [1.807, 2.05) is 0 Å². The Morgan fingerprint density at radius 3 is 2.44 bits per heavy atom. The van der Waals surface area contributed by atoms with Gasteiger partial charge < -0.3 is 4.74 Å². The van der Waals surface area contributed by atoms with Crippen molar-refractivity contribution in [1.82, 2.24) is 4.90 Å². The van der Waals surface area contributed by atoms with Crippen LogP contribution >= 0.6 is 0 Å². The van der Waals surface area contributed by atoms with Gasteiger partial charge in [0.2, 0.25) is 0 Å². The van der Waals surface area contributed by atoms with Crippen LogP contribution in [0.1, 0.15) is 16.7 Å². The Labute approximate surface area is 150 Å². The highest BCUT2D eigenvalue weighted by molar-refractivity contribution is 5.99. The molecule has 25 heavy (non-hydrogen) atoms. The SMILES string of the molecule is Cc1ccc2cc(C)c(CN3CCOCC3)c(-c3ccccc3)c2c1. The molecule has 0 unspecified atom stereocenters. The molecule has 0 aliphatic carbocycles. The molecule has 3 aromatic carbocycles. The third-order valence-corrected chi connectivity index (χ3v) is 5.18. The van der Waals surface area contributed by atoms with Gasteiger partial charge in [0, 0.05) is 19.6 Å². The molecule has 0 aromatic heterocycles. The number of morpholine rings is 1. The molecule has 1 aliphatic rings. The minimum atomic E-state index is 0.840. The highest BCUT2D eigenvalue weighted by atomic mass is 16.5. The van der Waals surface area contributed by atoms with E-state index in [0.29, 0.717) is 0 Å². The first-order chi connectivity index (χ1) is 12.2. The maximum absolute atomic E-state index is 5.53. The number of fused-ring (bicyclic) bond motifs is 1. The Hall–Kier alpha value is -2.16. The fourth-order valence-electron chi connectivity index (χ4n) is 3.81. The van der Waals surface area contributed by atoms with Crippen molar-refractivity contribution in [3.63, 3.8) is 0 Å². The lowest BCUT2D eigenvalue weighted by molar-refractivity contribution is 0.0342. The van der Waals surface area contributed by atoms with Crippen molar-refractivity contribution in [2.75, 3.05) is 26.3 Å². The van der Waals surface area contributed by atoms with Crippen molar-refractivity contribution < 1.29 is 4.74 Å². The van der Waals surface area contributed by atoms with E-state index in [0.717, 1.165) is 32.8 Å². The quantitative estimate of drug-likeness (QED) is 0.673. The second-order valence-corrected chi connectivity index (χ2v) is 7.03. The molecule has 0 radical (unpaired) electrons. The van der Waals surface area contributed by atoms with Crippen LogP contribution in [0.15, 0.2) is 54.6 Å². The van der Waals surface area contributed by atoms with Crippen molar-refractivity contribution in [2.24, 2.45) is 0 Å². The zero-order chi connectivity index (χ0) is 17.2. The van der Waals surface area contributed by atoms with Crippen LogP contribution in [-0.4, -0.2) is 31.2 Å². The van der Waals surface area contributed by atoms with Crippen molar-refractivity contribution in [3.8, 4) is 11.1 Å². The minimum Gasteiger partial charge on any atom is -0.379 e. The number of benzene rings is 3. The first kappa shape index (κ1) is 16.3. The number of hydrogen-bond acceptors (Lipinski definition) is 2. The fourth-order valence-corrected chi connectivity index (χ4v) is 3.81. The predicted octanol–water partition coefficient (Wildman–Crippen LogP) is 4.96. The highest BCUT2D eigenvalue weighted by Gasteiger charge is 2.18. The standard InChI is InChI=1S/C23H25NO/c1-17-8-9-20-15-18(2)22(16-24-10-12-25-13-11-24)23(21(20)14-17)19-6-4-3-5-7-19/h3-9,14-15H,10-13,16H2,1-2H3. The van der Waals surface area contributed by atoms with E-state index in [9.17, 15) is 0 Å². The van der Waals surface area contributed by atoms with Gasteiger partial charge in [0.1, 0.15) is 0 Å². The summed E-state index contributed by atoms with van der Waals surface area (Å²) >= 11 is 0. The largest absolute Gasteiger partial charge is 0.379 e. The lowest BCUT2D eigenvalue weighted by atomic mass is 9.89. The van der Waals surface area contributed by atoms with Crippen LogP contribution in [0.25, 0.3) is 21.9 Å². The van der Waals surface area contributed by atoms with Gasteiger partial charge in [-0.3, -0.25) is 4.90 Å². The van der Waals surface area contributed by atoms with Gasteiger partial charge in [0.15, 0.2) is 0 Å². The topological polar surface area (TPSA) is 12.5 Å². The average Bonchev–Trinajstić information content (AvgIpc) is 2.64. The summed E-state index contributed by atoms with van der Waals surface area (Å²) < 4.78 is 5.53. The molecule has 1 heterocycles. The molecule has 128 valence electrons. The van der Waals surface area contributed by atoms with Crippen LogP contribution in [0.4, 0.5) is 0 Å². The van der Waals surface area contributed by atoms with Crippen molar-refractivity contribution in [1.29, 1.82) is 0 Å². The summed E-state index contributed by atoms with van der Waals surface area (Å²) in [5, 5.41) is 2.69. The molecular formula is C23H25NO. The summed E-state index contributed by atoms with van der Waals surface area (Å²) in [6, 6.07) is 20.0. The molecule has 1 fully saturated rings. The number of rotatable bonds is 3. The molecule has 4 rings (SSSR count). The summed E-state index contributed by atoms with van der Waals surface area (Å²) in [5.41, 5.74) is 6.84. The van der Waals surface area contributed by atoms with Crippen LogP contribution < -0.4 is 0 Å². The summed E-state index contributed by atoms with van der Waals surface area (Å²) in [6.45, 7) is 9.12. The lowest BCUT2D eigenvalue weighted by Gasteiger charge is -2.29. The molecule has 0 N–H and O–H groups in total. The Balaban J connectivity index is 1.91. The average molecular weight is 331 g/mol. The van der Waals surface area contributed by atoms with E-state index in [1.54, 1.807) is 0 Å². The third kappa shape index (κ3) is 3.33. The monoisotopic (exact) mass is 331 g/mol. The fraction of sp³-hybridized carbons (Fsp3) is 0.304. The summed E-state index contributed by atoms with van der Waals surface area (Å²) in [5.74, 6) is 0. The Morgan fingerprint density at radius 1 is 0.920 bits per heavy atom. The third-order valence-electron chi connectivity index (χ3n) is 5.18. The van der Waals surface area contributed by atoms with Gasteiger partial charge in [0.05, 0.1) is 13.2 Å². The Kier molecular flexibility index (Phi) is 4.56. The molecule has 3 aromatic rings. The van der Waals surface area contributed by atoms with Crippen LogP contribution in [0.2, 0.25) is 0 Å². The molecule has 0 bridgehead atoms. The predicted molar refractivity (Wildman–Crippen MR) is 105 cm³/mol. The molecule has 0 amide bonds. The van der Waals surface area contributed by atoms with Crippen molar-refractivity contribution in [2.45, 2.75) is 20.4 Å². The van der Waals surface area contributed by atoms with Crippen LogP contribution in [0.5, 0.6) is 0 Å². The van der Waals surface area contributed by atoms with Gasteiger partial charge in [-0.05, 0) is 46.9 Å². The zero-order valence-corrected chi connectivity index (χ0v) is 15.1. The minimum absolute atomic E-state index is 0.840. The van der Waals surface area contributed by atoms with E-state index >= 15 is 0 Å². The zero-order valence-electron chi connectivity index (χ0n) is 15.1. The number of aryl methyl sites for hydroxylation is 2. The van der Waals surface area contributed by atoms with Crippen LogP contribution in [0.3, 0.4) is 0 Å². The molecule has 0 spiro atoms. The molecule has 1 aliphatic heterocycles. The van der Waals surface area contributed by atoms with Gasteiger partial charge >= 0.3 is 0 Å². The lowest BCUT2D eigenvalue weighted by Crippen LogP contribution is -2.36. The summed E-state index contributed by atoms with van der Waals surface area (Å²) in [7, 11) is 0. The van der Waals surface area contributed by atoms with E-state index in [-0.39, 0.29) is 0 Å². The highest BCUT2D eigenvalue weighted by Crippen LogP contribution is 2.35. The van der Waals surface area contributed by atoms with Gasteiger partial charge in [-0.2, -0.15) is 0 Å². The first-order valence-electron chi connectivity index (χ1n) is 9.11. The van der Waals surface area contributed by atoms with E-state index in [4.69, 9.17) is 4.74 Å². The summed E-state index contributed by atoms with van der Waals surface area (Å²) in [4.78, 5) is 2.51. The van der Waals surface area contributed by atoms with Crippen LogP contribution in [-0.2, 0) is 11.3 Å². The molecule has 2 nitrogen and oxygen atoms in total. The second-order valence-electron chi connectivity index (χ2n) is 7.03. The van der Waals surface area contributed by atoms with Gasteiger partial charge in [-0.15, -0.1) is 0 Å². The van der Waals surface area contributed by atoms with E-state index in [1.165, 1.54) is 38.6 Å². The maximum atomic E-state index is 5.53. The second kappa shape index (κ2) is 6.99. The Bertz CT molecular complexity index is 879. The molecule has 0 atom stereocenters. The van der Waals surface area contributed by atoms with E-state index in [2.05, 4.69) is 73.3 Å². The molecule has 2 heteroatoms. The molecular weight excluding hydrogens is 306 g/mol. The maximum Gasteiger partial charge on any atom is 0.0594 e. The molecule has 1 saturated heterocycles. The van der Waals surface area contributed by atoms with Gasteiger partial charge in [-0.1, -0.05) is 60.2 Å².